The third kappa shape index (κ3) is 2.83. The maximum absolute atomic E-state index is 6.69. The van der Waals surface area contributed by atoms with Gasteiger partial charge < -0.3 is 9.72 Å². The van der Waals surface area contributed by atoms with E-state index >= 15 is 0 Å². The van der Waals surface area contributed by atoms with Crippen LogP contribution in [0.3, 0.4) is 0 Å². The van der Waals surface area contributed by atoms with E-state index in [1.165, 1.54) is 0 Å². The Hall–Kier alpha value is -3.26. The fourth-order valence-corrected chi connectivity index (χ4v) is 3.21. The molecule has 25 heavy (non-hydrogen) atoms. The summed E-state index contributed by atoms with van der Waals surface area (Å²) in [5.74, 6) is 0.824. The zero-order chi connectivity index (χ0) is 17.0. The standard InChI is InChI=1S/C23H19NO/c1-4-11-19(12-5-1)23(22-17-10-18-24-22,20-13-6-2-7-14-20)25-21-15-8-3-9-16-21/h1-18,24H. The highest BCUT2D eigenvalue weighted by atomic mass is 16.5. The average molecular weight is 325 g/mol. The molecular weight excluding hydrogens is 306 g/mol. The van der Waals surface area contributed by atoms with E-state index in [0.717, 1.165) is 22.6 Å². The number of aromatic amines is 1. The summed E-state index contributed by atoms with van der Waals surface area (Å²) in [5.41, 5.74) is 2.40. The van der Waals surface area contributed by atoms with Gasteiger partial charge in [-0.25, -0.2) is 0 Å². The van der Waals surface area contributed by atoms with Gasteiger partial charge in [0.2, 0.25) is 0 Å². The Kier molecular flexibility index (Phi) is 4.09. The van der Waals surface area contributed by atoms with Gasteiger partial charge >= 0.3 is 0 Å². The van der Waals surface area contributed by atoms with Crippen molar-refractivity contribution in [1.82, 2.24) is 4.98 Å². The molecule has 0 radical (unpaired) electrons. The number of ether oxygens (including phenoxy) is 1. The lowest BCUT2D eigenvalue weighted by atomic mass is 9.83. The number of benzene rings is 3. The van der Waals surface area contributed by atoms with E-state index in [1.54, 1.807) is 0 Å². The van der Waals surface area contributed by atoms with Gasteiger partial charge in [0, 0.05) is 17.3 Å². The van der Waals surface area contributed by atoms with Gasteiger partial charge in [0.15, 0.2) is 5.60 Å². The molecule has 1 heterocycles. The minimum Gasteiger partial charge on any atom is -0.471 e. The van der Waals surface area contributed by atoms with Crippen molar-refractivity contribution in [3.63, 3.8) is 0 Å². The molecule has 1 N–H and O–H groups in total. The summed E-state index contributed by atoms with van der Waals surface area (Å²) in [6.45, 7) is 0. The number of hydrogen-bond donors (Lipinski definition) is 1. The van der Waals surface area contributed by atoms with Crippen molar-refractivity contribution in [3.05, 3.63) is 126 Å². The molecule has 0 aliphatic heterocycles. The smallest absolute Gasteiger partial charge is 0.199 e. The topological polar surface area (TPSA) is 25.0 Å². The molecule has 0 unspecified atom stereocenters. The maximum atomic E-state index is 6.69. The summed E-state index contributed by atoms with van der Waals surface area (Å²) < 4.78 is 6.69. The monoisotopic (exact) mass is 325 g/mol. The number of aromatic nitrogens is 1. The Morgan fingerprint density at radius 2 is 1.08 bits per heavy atom. The first kappa shape index (κ1) is 15.3. The lowest BCUT2D eigenvalue weighted by Crippen LogP contribution is -2.36. The van der Waals surface area contributed by atoms with Crippen LogP contribution in [0.2, 0.25) is 0 Å². The van der Waals surface area contributed by atoms with E-state index in [0.29, 0.717) is 0 Å². The Bertz CT molecular complexity index is 861. The molecule has 0 amide bonds. The van der Waals surface area contributed by atoms with Gasteiger partial charge in [0.1, 0.15) is 5.75 Å². The molecule has 0 saturated carbocycles. The maximum Gasteiger partial charge on any atom is 0.199 e. The summed E-state index contributed by atoms with van der Waals surface area (Å²) in [6, 6.07) is 34.7. The second-order valence-corrected chi connectivity index (χ2v) is 5.91. The van der Waals surface area contributed by atoms with Gasteiger partial charge in [-0.15, -0.1) is 0 Å². The minimum atomic E-state index is -0.743. The molecule has 0 saturated heterocycles. The predicted octanol–water partition coefficient (Wildman–Crippen LogP) is 5.39. The van der Waals surface area contributed by atoms with Gasteiger partial charge in [-0.1, -0.05) is 78.9 Å². The Morgan fingerprint density at radius 3 is 1.56 bits per heavy atom. The molecular formula is C23H19NO. The second kappa shape index (κ2) is 6.70. The second-order valence-electron chi connectivity index (χ2n) is 5.91. The molecule has 1 aromatic heterocycles. The van der Waals surface area contributed by atoms with Crippen molar-refractivity contribution >= 4 is 0 Å². The first-order chi connectivity index (χ1) is 12.4. The van der Waals surface area contributed by atoms with E-state index in [2.05, 4.69) is 35.3 Å². The number of rotatable bonds is 5. The third-order valence-corrected chi connectivity index (χ3v) is 4.35. The molecule has 0 aliphatic carbocycles. The van der Waals surface area contributed by atoms with Crippen LogP contribution in [0.1, 0.15) is 16.8 Å². The molecule has 0 spiro atoms. The van der Waals surface area contributed by atoms with E-state index in [-0.39, 0.29) is 0 Å². The van der Waals surface area contributed by atoms with E-state index in [1.807, 2.05) is 79.0 Å². The SMILES string of the molecule is c1ccc(OC(c2ccccc2)(c2ccccc2)c2ccc[nH]2)cc1. The quantitative estimate of drug-likeness (QED) is 0.523. The normalized spacial score (nSPS) is 11.2. The van der Waals surface area contributed by atoms with Crippen LogP contribution in [0, 0.1) is 0 Å². The molecule has 4 aromatic rings. The summed E-state index contributed by atoms with van der Waals surface area (Å²) in [7, 11) is 0. The van der Waals surface area contributed by atoms with Crippen LogP contribution in [0.5, 0.6) is 5.75 Å². The molecule has 0 fully saturated rings. The lowest BCUT2D eigenvalue weighted by Gasteiger charge is -2.35. The van der Waals surface area contributed by atoms with Crippen LogP contribution < -0.4 is 4.74 Å². The Labute approximate surface area is 147 Å². The lowest BCUT2D eigenvalue weighted by molar-refractivity contribution is 0.151. The van der Waals surface area contributed by atoms with Gasteiger partial charge in [0.25, 0.3) is 0 Å². The molecule has 4 rings (SSSR count). The number of H-pyrrole nitrogens is 1. The van der Waals surface area contributed by atoms with Gasteiger partial charge in [-0.2, -0.15) is 0 Å². The third-order valence-electron chi connectivity index (χ3n) is 4.35. The fraction of sp³-hybridized carbons (Fsp3) is 0.0435. The molecule has 0 bridgehead atoms. The van der Waals surface area contributed by atoms with Crippen LogP contribution in [-0.2, 0) is 5.60 Å². The number of nitrogens with one attached hydrogen (secondary N) is 1. The molecule has 0 aliphatic rings. The first-order valence-electron chi connectivity index (χ1n) is 8.38. The summed E-state index contributed by atoms with van der Waals surface area (Å²) in [5, 5.41) is 0. The minimum absolute atomic E-state index is 0.743. The van der Waals surface area contributed by atoms with Gasteiger partial charge in [-0.3, -0.25) is 0 Å². The molecule has 0 atom stereocenters. The van der Waals surface area contributed by atoms with Crippen LogP contribution in [0.15, 0.2) is 109 Å². The molecule has 122 valence electrons. The zero-order valence-corrected chi connectivity index (χ0v) is 13.8. The van der Waals surface area contributed by atoms with Crippen molar-refractivity contribution in [3.8, 4) is 5.75 Å². The van der Waals surface area contributed by atoms with E-state index in [9.17, 15) is 0 Å². The fourth-order valence-electron chi connectivity index (χ4n) is 3.21. The molecule has 2 nitrogen and oxygen atoms in total. The molecule has 2 heteroatoms. The van der Waals surface area contributed by atoms with Gasteiger partial charge in [0.05, 0.1) is 5.69 Å². The van der Waals surface area contributed by atoms with Crippen molar-refractivity contribution in [2.75, 3.05) is 0 Å². The highest BCUT2D eigenvalue weighted by Crippen LogP contribution is 2.40. The van der Waals surface area contributed by atoms with Crippen LogP contribution in [0.4, 0.5) is 0 Å². The summed E-state index contributed by atoms with van der Waals surface area (Å²) >= 11 is 0. The summed E-state index contributed by atoms with van der Waals surface area (Å²) in [4.78, 5) is 3.37. The predicted molar refractivity (Wildman–Crippen MR) is 101 cm³/mol. The van der Waals surface area contributed by atoms with Crippen molar-refractivity contribution in [2.24, 2.45) is 0 Å². The average Bonchev–Trinajstić information content (AvgIpc) is 3.23. The first-order valence-corrected chi connectivity index (χ1v) is 8.38. The van der Waals surface area contributed by atoms with Crippen LogP contribution in [-0.4, -0.2) is 4.98 Å². The van der Waals surface area contributed by atoms with Crippen molar-refractivity contribution in [2.45, 2.75) is 5.60 Å². The van der Waals surface area contributed by atoms with Crippen molar-refractivity contribution < 1.29 is 4.74 Å². The summed E-state index contributed by atoms with van der Waals surface area (Å²) in [6.07, 6.45) is 1.93. The van der Waals surface area contributed by atoms with E-state index in [4.69, 9.17) is 4.74 Å². The van der Waals surface area contributed by atoms with E-state index < -0.39 is 5.60 Å². The number of para-hydroxylation sites is 1. The largest absolute Gasteiger partial charge is 0.471 e. The Morgan fingerprint density at radius 1 is 0.560 bits per heavy atom. The molecule has 3 aromatic carbocycles. The highest BCUT2D eigenvalue weighted by molar-refractivity contribution is 5.47. The van der Waals surface area contributed by atoms with Crippen molar-refractivity contribution in [1.29, 1.82) is 0 Å². The van der Waals surface area contributed by atoms with Crippen LogP contribution in [0.25, 0.3) is 0 Å². The Balaban J connectivity index is 1.98. The number of hydrogen-bond acceptors (Lipinski definition) is 1. The van der Waals surface area contributed by atoms with Crippen LogP contribution >= 0.6 is 0 Å². The highest BCUT2D eigenvalue weighted by Gasteiger charge is 2.39. The van der Waals surface area contributed by atoms with Gasteiger partial charge in [-0.05, 0) is 24.3 Å². The zero-order valence-electron chi connectivity index (χ0n) is 13.8.